The van der Waals surface area contributed by atoms with E-state index < -0.39 is 11.5 Å². The fourth-order valence-corrected chi connectivity index (χ4v) is 2.29. The first-order valence-electron chi connectivity index (χ1n) is 6.37. The lowest BCUT2D eigenvalue weighted by Gasteiger charge is -2.35. The lowest BCUT2D eigenvalue weighted by molar-refractivity contribution is -0.147. The highest BCUT2D eigenvalue weighted by atomic mass is 16.5. The van der Waals surface area contributed by atoms with Crippen molar-refractivity contribution in [2.24, 2.45) is 0 Å². The SMILES string of the molecule is C=CCN(CCOC)C(=O)N1CCCC1(C)C(=O)O. The Labute approximate surface area is 113 Å². The quantitative estimate of drug-likeness (QED) is 0.736. The Morgan fingerprint density at radius 2 is 2.26 bits per heavy atom. The molecule has 1 aliphatic heterocycles. The fraction of sp³-hybridized carbons (Fsp3) is 0.692. The number of carbonyl (C=O) groups excluding carboxylic acids is 1. The minimum absolute atomic E-state index is 0.264. The van der Waals surface area contributed by atoms with E-state index in [9.17, 15) is 14.7 Å². The number of amides is 2. The summed E-state index contributed by atoms with van der Waals surface area (Å²) in [5.74, 6) is -0.955. The van der Waals surface area contributed by atoms with E-state index in [1.54, 1.807) is 25.0 Å². The third kappa shape index (κ3) is 3.26. The molecule has 2 amide bonds. The molecule has 108 valence electrons. The lowest BCUT2D eigenvalue weighted by atomic mass is 10.00. The predicted molar refractivity (Wildman–Crippen MR) is 71.0 cm³/mol. The summed E-state index contributed by atoms with van der Waals surface area (Å²) in [5, 5.41) is 9.32. The normalized spacial score (nSPS) is 22.3. The minimum atomic E-state index is -1.11. The van der Waals surface area contributed by atoms with Crippen LogP contribution in [0, 0.1) is 0 Å². The molecule has 6 heteroatoms. The minimum Gasteiger partial charge on any atom is -0.480 e. The van der Waals surface area contributed by atoms with Gasteiger partial charge in [0, 0.05) is 26.7 Å². The first-order valence-corrected chi connectivity index (χ1v) is 6.37. The Balaban J connectivity index is 2.83. The second-order valence-electron chi connectivity index (χ2n) is 4.84. The highest BCUT2D eigenvalue weighted by Crippen LogP contribution is 2.30. The number of likely N-dealkylation sites (tertiary alicyclic amines) is 1. The van der Waals surface area contributed by atoms with Crippen molar-refractivity contribution in [3.05, 3.63) is 12.7 Å². The Kier molecular flexibility index (Phi) is 5.35. The van der Waals surface area contributed by atoms with Gasteiger partial charge in [-0.05, 0) is 19.8 Å². The lowest BCUT2D eigenvalue weighted by Crippen LogP contribution is -2.55. The van der Waals surface area contributed by atoms with Crippen LogP contribution in [0.5, 0.6) is 0 Å². The van der Waals surface area contributed by atoms with Gasteiger partial charge in [-0.1, -0.05) is 6.08 Å². The smallest absolute Gasteiger partial charge is 0.329 e. The summed E-state index contributed by atoms with van der Waals surface area (Å²) in [4.78, 5) is 26.8. The van der Waals surface area contributed by atoms with Crippen LogP contribution in [-0.2, 0) is 9.53 Å². The molecule has 19 heavy (non-hydrogen) atoms. The summed E-state index contributed by atoms with van der Waals surface area (Å²) in [6.07, 6.45) is 2.82. The van der Waals surface area contributed by atoms with Gasteiger partial charge in [-0.25, -0.2) is 9.59 Å². The number of aliphatic carboxylic acids is 1. The summed E-state index contributed by atoms with van der Waals surface area (Å²) in [6, 6.07) is -0.264. The number of hydrogen-bond acceptors (Lipinski definition) is 3. The van der Waals surface area contributed by atoms with Crippen LogP contribution < -0.4 is 0 Å². The summed E-state index contributed by atoms with van der Waals surface area (Å²) in [5.41, 5.74) is -1.11. The van der Waals surface area contributed by atoms with Gasteiger partial charge in [-0.3, -0.25) is 0 Å². The highest BCUT2D eigenvalue weighted by Gasteiger charge is 2.46. The molecule has 0 spiro atoms. The number of rotatable bonds is 6. The zero-order chi connectivity index (χ0) is 14.5. The summed E-state index contributed by atoms with van der Waals surface area (Å²) >= 11 is 0. The number of carbonyl (C=O) groups is 2. The molecule has 6 nitrogen and oxygen atoms in total. The Morgan fingerprint density at radius 3 is 2.79 bits per heavy atom. The fourth-order valence-electron chi connectivity index (χ4n) is 2.29. The van der Waals surface area contributed by atoms with Gasteiger partial charge in [0.1, 0.15) is 5.54 Å². The van der Waals surface area contributed by atoms with E-state index in [0.717, 1.165) is 0 Å². The van der Waals surface area contributed by atoms with Gasteiger partial charge >= 0.3 is 12.0 Å². The van der Waals surface area contributed by atoms with E-state index in [1.807, 2.05) is 0 Å². The molecule has 1 atom stereocenters. The van der Waals surface area contributed by atoms with Gasteiger partial charge < -0.3 is 19.6 Å². The molecule has 1 rings (SSSR count). The van der Waals surface area contributed by atoms with Gasteiger partial charge in [0.2, 0.25) is 0 Å². The first-order chi connectivity index (χ1) is 8.97. The van der Waals surface area contributed by atoms with Crippen molar-refractivity contribution in [3.63, 3.8) is 0 Å². The largest absolute Gasteiger partial charge is 0.480 e. The van der Waals surface area contributed by atoms with Crippen LogP contribution in [0.3, 0.4) is 0 Å². The molecule has 1 heterocycles. The molecule has 1 unspecified atom stereocenters. The molecular formula is C13H22N2O4. The highest BCUT2D eigenvalue weighted by molar-refractivity contribution is 5.86. The number of hydrogen-bond donors (Lipinski definition) is 1. The van der Waals surface area contributed by atoms with E-state index in [4.69, 9.17) is 4.74 Å². The van der Waals surface area contributed by atoms with Crippen LogP contribution >= 0.6 is 0 Å². The zero-order valence-electron chi connectivity index (χ0n) is 11.6. The number of carboxylic acids is 1. The van der Waals surface area contributed by atoms with Crippen LogP contribution in [-0.4, -0.2) is 65.8 Å². The number of nitrogens with zero attached hydrogens (tertiary/aromatic N) is 2. The Hall–Kier alpha value is -1.56. The van der Waals surface area contributed by atoms with Crippen LogP contribution in [0.4, 0.5) is 4.79 Å². The maximum atomic E-state index is 12.4. The van der Waals surface area contributed by atoms with Crippen molar-refractivity contribution in [1.82, 2.24) is 9.80 Å². The van der Waals surface area contributed by atoms with E-state index in [-0.39, 0.29) is 6.03 Å². The molecule has 0 aromatic rings. The van der Waals surface area contributed by atoms with Crippen molar-refractivity contribution in [2.75, 3.05) is 33.4 Å². The predicted octanol–water partition coefficient (Wildman–Crippen LogP) is 1.18. The van der Waals surface area contributed by atoms with E-state index >= 15 is 0 Å². The zero-order valence-corrected chi connectivity index (χ0v) is 11.6. The number of carboxylic acid groups (broad SMARTS) is 1. The van der Waals surface area contributed by atoms with Gasteiger partial charge in [0.15, 0.2) is 0 Å². The Bertz CT molecular complexity index is 359. The molecule has 1 N–H and O–H groups in total. The number of urea groups is 1. The van der Waals surface area contributed by atoms with Gasteiger partial charge in [0.05, 0.1) is 6.61 Å². The van der Waals surface area contributed by atoms with E-state index in [1.165, 1.54) is 4.90 Å². The third-order valence-electron chi connectivity index (χ3n) is 3.52. The van der Waals surface area contributed by atoms with E-state index in [0.29, 0.717) is 39.1 Å². The van der Waals surface area contributed by atoms with Gasteiger partial charge in [-0.15, -0.1) is 6.58 Å². The monoisotopic (exact) mass is 270 g/mol. The van der Waals surface area contributed by atoms with Crippen molar-refractivity contribution in [3.8, 4) is 0 Å². The van der Waals surface area contributed by atoms with Crippen LogP contribution in [0.1, 0.15) is 19.8 Å². The van der Waals surface area contributed by atoms with Gasteiger partial charge in [0.25, 0.3) is 0 Å². The molecular weight excluding hydrogens is 248 g/mol. The van der Waals surface area contributed by atoms with E-state index in [2.05, 4.69) is 6.58 Å². The topological polar surface area (TPSA) is 70.1 Å². The molecule has 0 aliphatic carbocycles. The summed E-state index contributed by atoms with van der Waals surface area (Å²) in [6.45, 7) is 6.92. The summed E-state index contributed by atoms with van der Waals surface area (Å²) in [7, 11) is 1.56. The maximum absolute atomic E-state index is 12.4. The third-order valence-corrected chi connectivity index (χ3v) is 3.52. The van der Waals surface area contributed by atoms with Crippen molar-refractivity contribution in [1.29, 1.82) is 0 Å². The molecule has 1 saturated heterocycles. The Morgan fingerprint density at radius 1 is 1.58 bits per heavy atom. The average molecular weight is 270 g/mol. The standard InChI is InChI=1S/C13H22N2O4/c1-4-7-14(9-10-19-3)12(18)15-8-5-6-13(15,2)11(16)17/h4H,1,5-10H2,2-3H3,(H,16,17). The second-order valence-corrected chi connectivity index (χ2v) is 4.84. The van der Waals surface area contributed by atoms with Crippen molar-refractivity contribution in [2.45, 2.75) is 25.3 Å². The van der Waals surface area contributed by atoms with Crippen LogP contribution in [0.2, 0.25) is 0 Å². The first kappa shape index (κ1) is 15.5. The van der Waals surface area contributed by atoms with Crippen LogP contribution in [0.25, 0.3) is 0 Å². The molecule has 1 fully saturated rings. The molecule has 0 bridgehead atoms. The van der Waals surface area contributed by atoms with Crippen molar-refractivity contribution >= 4 is 12.0 Å². The maximum Gasteiger partial charge on any atom is 0.329 e. The second kappa shape index (κ2) is 6.56. The number of methoxy groups -OCH3 is 1. The molecule has 0 radical (unpaired) electrons. The van der Waals surface area contributed by atoms with Crippen LogP contribution in [0.15, 0.2) is 12.7 Å². The summed E-state index contributed by atoms with van der Waals surface area (Å²) < 4.78 is 4.97. The number of ether oxygens (including phenoxy) is 1. The molecule has 0 aromatic carbocycles. The molecule has 1 aliphatic rings. The van der Waals surface area contributed by atoms with Crippen molar-refractivity contribution < 1.29 is 19.4 Å². The average Bonchev–Trinajstić information content (AvgIpc) is 2.77. The molecule has 0 saturated carbocycles. The van der Waals surface area contributed by atoms with Gasteiger partial charge in [-0.2, -0.15) is 0 Å². The molecule has 0 aromatic heterocycles.